The first kappa shape index (κ1) is 14.8. The molecule has 20 heavy (non-hydrogen) atoms. The molecule has 4 heteroatoms. The van der Waals surface area contributed by atoms with Crippen molar-refractivity contribution in [3.63, 3.8) is 0 Å². The Kier molecular flexibility index (Phi) is 3.51. The van der Waals surface area contributed by atoms with E-state index in [-0.39, 0.29) is 11.5 Å². The third kappa shape index (κ3) is 1.81. The molecule has 2 atom stereocenters. The number of methoxy groups -OCH3 is 1. The molecule has 1 aliphatic heterocycles. The maximum Gasteiger partial charge on any atom is 0.136 e. The summed E-state index contributed by atoms with van der Waals surface area (Å²) in [6, 6.07) is 10.4. The lowest BCUT2D eigenvalue weighted by Gasteiger charge is -2.59. The third-order valence-corrected chi connectivity index (χ3v) is 4.86. The van der Waals surface area contributed by atoms with Crippen molar-refractivity contribution in [1.29, 1.82) is 5.26 Å². The average molecular weight is 288 g/mol. The minimum Gasteiger partial charge on any atom is -0.497 e. The number of nitrogens with zero attached hydrogens (tertiary/aromatic N) is 2. The van der Waals surface area contributed by atoms with E-state index in [1.54, 1.807) is 7.11 Å². The van der Waals surface area contributed by atoms with E-state index in [4.69, 9.17) is 17.0 Å². The summed E-state index contributed by atoms with van der Waals surface area (Å²) in [6.45, 7) is 6.23. The molecule has 1 aliphatic rings. The van der Waals surface area contributed by atoms with Gasteiger partial charge in [-0.25, -0.2) is 0 Å². The molecule has 0 radical (unpaired) electrons. The fraction of sp³-hybridized carbons (Fsp3) is 0.500. The highest BCUT2D eigenvalue weighted by atomic mass is 32.1. The first-order valence-corrected chi connectivity index (χ1v) is 7.03. The molecule has 2 rings (SSSR count). The SMILES string of the molecule is COc1ccc(C2N(C)C(=S)C2(C#N)C(C)(C)C)cc1. The summed E-state index contributed by atoms with van der Waals surface area (Å²) >= 11 is 5.49. The van der Waals surface area contributed by atoms with Gasteiger partial charge in [-0.1, -0.05) is 45.1 Å². The van der Waals surface area contributed by atoms with Gasteiger partial charge in [0.1, 0.15) is 16.2 Å². The van der Waals surface area contributed by atoms with Crippen LogP contribution in [0.2, 0.25) is 0 Å². The molecular weight excluding hydrogens is 268 g/mol. The number of rotatable bonds is 2. The Morgan fingerprint density at radius 2 is 1.85 bits per heavy atom. The van der Waals surface area contributed by atoms with E-state index < -0.39 is 5.41 Å². The maximum atomic E-state index is 9.80. The predicted molar refractivity (Wildman–Crippen MR) is 83.6 cm³/mol. The number of benzene rings is 1. The molecule has 1 aromatic carbocycles. The molecule has 106 valence electrons. The number of hydrogen-bond donors (Lipinski definition) is 0. The lowest BCUT2D eigenvalue weighted by Crippen LogP contribution is -2.65. The molecular formula is C16H20N2OS. The molecule has 0 N–H and O–H groups in total. The number of likely N-dealkylation sites (tertiary alicyclic amines) is 1. The largest absolute Gasteiger partial charge is 0.497 e. The first-order valence-electron chi connectivity index (χ1n) is 6.62. The van der Waals surface area contributed by atoms with Crippen molar-refractivity contribution >= 4 is 17.2 Å². The molecule has 0 bridgehead atoms. The van der Waals surface area contributed by atoms with Crippen molar-refractivity contribution in [3.05, 3.63) is 29.8 Å². The summed E-state index contributed by atoms with van der Waals surface area (Å²) in [7, 11) is 3.60. The minimum atomic E-state index is -0.633. The van der Waals surface area contributed by atoms with Gasteiger partial charge in [0.15, 0.2) is 0 Å². The first-order chi connectivity index (χ1) is 9.29. The van der Waals surface area contributed by atoms with Crippen LogP contribution < -0.4 is 4.74 Å². The topological polar surface area (TPSA) is 36.3 Å². The number of hydrogen-bond acceptors (Lipinski definition) is 3. The molecule has 0 amide bonds. The van der Waals surface area contributed by atoms with Gasteiger partial charge in [-0.3, -0.25) is 0 Å². The summed E-state index contributed by atoms with van der Waals surface area (Å²) in [5, 5.41) is 9.80. The van der Waals surface area contributed by atoms with Crippen molar-refractivity contribution in [1.82, 2.24) is 4.90 Å². The monoisotopic (exact) mass is 288 g/mol. The van der Waals surface area contributed by atoms with Gasteiger partial charge in [-0.2, -0.15) is 5.26 Å². The van der Waals surface area contributed by atoms with E-state index in [9.17, 15) is 5.26 Å². The second-order valence-electron chi connectivity index (χ2n) is 6.26. The Labute approximate surface area is 126 Å². The van der Waals surface area contributed by atoms with E-state index >= 15 is 0 Å². The van der Waals surface area contributed by atoms with Crippen molar-refractivity contribution in [2.45, 2.75) is 26.8 Å². The Morgan fingerprint density at radius 1 is 1.30 bits per heavy atom. The van der Waals surface area contributed by atoms with Gasteiger partial charge in [0.2, 0.25) is 0 Å². The van der Waals surface area contributed by atoms with Crippen LogP contribution in [-0.2, 0) is 0 Å². The van der Waals surface area contributed by atoms with Gasteiger partial charge >= 0.3 is 0 Å². The molecule has 1 saturated heterocycles. The molecule has 0 saturated carbocycles. The zero-order chi connectivity index (χ0) is 15.1. The van der Waals surface area contributed by atoms with Gasteiger partial charge in [0, 0.05) is 7.05 Å². The van der Waals surface area contributed by atoms with Crippen LogP contribution in [0.1, 0.15) is 32.4 Å². The lowest BCUT2D eigenvalue weighted by molar-refractivity contribution is 0.0556. The molecule has 1 fully saturated rings. The van der Waals surface area contributed by atoms with Gasteiger partial charge in [-0.15, -0.1) is 0 Å². The normalized spacial score (nSPS) is 25.9. The highest BCUT2D eigenvalue weighted by Gasteiger charge is 2.63. The Hall–Kier alpha value is -1.60. The number of thiocarbonyl (C=S) groups is 1. The minimum absolute atomic E-state index is 0.00842. The second-order valence-corrected chi connectivity index (χ2v) is 6.65. The van der Waals surface area contributed by atoms with Crippen LogP contribution in [-0.4, -0.2) is 24.0 Å². The Morgan fingerprint density at radius 3 is 2.25 bits per heavy atom. The summed E-state index contributed by atoms with van der Waals surface area (Å²) in [4.78, 5) is 2.75. The van der Waals surface area contributed by atoms with Crippen LogP contribution in [0.15, 0.2) is 24.3 Å². The highest BCUT2D eigenvalue weighted by molar-refractivity contribution is 7.80. The molecule has 0 spiro atoms. The lowest BCUT2D eigenvalue weighted by atomic mass is 9.56. The van der Waals surface area contributed by atoms with Crippen molar-refractivity contribution in [2.24, 2.45) is 10.8 Å². The standard InChI is InChI=1S/C16H20N2OS/c1-15(2,3)16(10-17)13(18(4)14(16)20)11-6-8-12(19-5)9-7-11/h6-9,13H,1-5H3. The molecule has 2 unspecified atom stereocenters. The van der Waals surface area contributed by atoms with E-state index in [2.05, 4.69) is 26.8 Å². The quantitative estimate of drug-likeness (QED) is 0.780. The summed E-state index contributed by atoms with van der Waals surface area (Å²) in [6.07, 6.45) is 0. The van der Waals surface area contributed by atoms with Crippen LogP contribution in [0.3, 0.4) is 0 Å². The molecule has 0 aliphatic carbocycles. The fourth-order valence-corrected chi connectivity index (χ4v) is 3.57. The van der Waals surface area contributed by atoms with E-state index in [1.165, 1.54) is 0 Å². The van der Waals surface area contributed by atoms with Crippen molar-refractivity contribution in [2.75, 3.05) is 14.2 Å². The zero-order valence-electron chi connectivity index (χ0n) is 12.6. The Bertz CT molecular complexity index is 568. The maximum absolute atomic E-state index is 9.80. The second kappa shape index (κ2) is 4.75. The van der Waals surface area contributed by atoms with Gasteiger partial charge < -0.3 is 9.64 Å². The summed E-state index contributed by atoms with van der Waals surface area (Å²) in [5.41, 5.74) is 0.250. The number of nitriles is 1. The van der Waals surface area contributed by atoms with Crippen LogP contribution >= 0.6 is 12.2 Å². The van der Waals surface area contributed by atoms with Gasteiger partial charge in [0.25, 0.3) is 0 Å². The van der Waals surface area contributed by atoms with Crippen LogP contribution in [0, 0.1) is 22.2 Å². The van der Waals surface area contributed by atoms with E-state index in [0.717, 1.165) is 16.3 Å². The fourth-order valence-electron chi connectivity index (χ4n) is 3.00. The third-order valence-electron chi connectivity index (χ3n) is 4.25. The highest BCUT2D eigenvalue weighted by Crippen LogP contribution is 2.59. The van der Waals surface area contributed by atoms with Gasteiger partial charge in [-0.05, 0) is 23.1 Å². The van der Waals surface area contributed by atoms with E-state index in [0.29, 0.717) is 0 Å². The zero-order valence-corrected chi connectivity index (χ0v) is 13.4. The van der Waals surface area contributed by atoms with Crippen molar-refractivity contribution in [3.8, 4) is 11.8 Å². The molecule has 0 aromatic heterocycles. The summed E-state index contributed by atoms with van der Waals surface area (Å²) in [5.74, 6) is 0.816. The molecule has 1 aromatic rings. The number of ether oxygens (including phenoxy) is 1. The van der Waals surface area contributed by atoms with E-state index in [1.807, 2.05) is 36.2 Å². The molecule has 1 heterocycles. The van der Waals surface area contributed by atoms with Crippen LogP contribution in [0.5, 0.6) is 5.75 Å². The van der Waals surface area contributed by atoms with Crippen molar-refractivity contribution < 1.29 is 4.74 Å². The average Bonchev–Trinajstić information content (AvgIpc) is 2.42. The molecule has 3 nitrogen and oxygen atoms in total. The smallest absolute Gasteiger partial charge is 0.136 e. The van der Waals surface area contributed by atoms with Crippen LogP contribution in [0.25, 0.3) is 0 Å². The Balaban J connectivity index is 2.48. The summed E-state index contributed by atoms with van der Waals surface area (Å²) < 4.78 is 5.19. The van der Waals surface area contributed by atoms with Gasteiger partial charge in [0.05, 0.1) is 19.2 Å². The van der Waals surface area contributed by atoms with Crippen LogP contribution in [0.4, 0.5) is 0 Å². The predicted octanol–water partition coefficient (Wildman–Crippen LogP) is 3.57.